The van der Waals surface area contributed by atoms with E-state index in [1.165, 1.54) is 28.1 Å². The van der Waals surface area contributed by atoms with Crippen LogP contribution in [0.15, 0.2) is 23.1 Å². The molecule has 0 bridgehead atoms. The minimum Gasteiger partial charge on any atom is -0.352 e. The van der Waals surface area contributed by atoms with Gasteiger partial charge in [-0.05, 0) is 29.0 Å². The zero-order chi connectivity index (χ0) is 12.0. The van der Waals surface area contributed by atoms with E-state index in [9.17, 15) is 0 Å². The molecule has 1 aromatic rings. The van der Waals surface area contributed by atoms with Crippen LogP contribution in [0.25, 0.3) is 0 Å². The maximum atomic E-state index is 5.66. The number of anilines is 1. The third kappa shape index (κ3) is 2.18. The summed E-state index contributed by atoms with van der Waals surface area (Å²) in [4.78, 5) is 1.22. The fourth-order valence-electron chi connectivity index (χ4n) is 1.76. The van der Waals surface area contributed by atoms with E-state index in [0.29, 0.717) is 0 Å². The van der Waals surface area contributed by atoms with Crippen LogP contribution in [0.1, 0.15) is 26.3 Å². The molecule has 0 saturated carbocycles. The molecule has 0 amide bonds. The van der Waals surface area contributed by atoms with Crippen molar-refractivity contribution in [3.05, 3.63) is 23.8 Å². The summed E-state index contributed by atoms with van der Waals surface area (Å²) in [5.41, 5.74) is 2.60. The predicted octanol–water partition coefficient (Wildman–Crippen LogP) is 3.65. The van der Waals surface area contributed by atoms with Crippen LogP contribution in [0.3, 0.4) is 0 Å². The number of hydrogen-bond donors (Lipinski definition) is 3. The highest BCUT2D eigenvalue weighted by atomic mass is 32.3. The number of para-hydroxylation sites is 1. The van der Waals surface area contributed by atoms with Gasteiger partial charge in [0.2, 0.25) is 0 Å². The Morgan fingerprint density at radius 3 is 2.69 bits per heavy atom. The van der Waals surface area contributed by atoms with Crippen LogP contribution in [0.4, 0.5) is 5.69 Å². The van der Waals surface area contributed by atoms with Gasteiger partial charge in [0, 0.05) is 4.90 Å². The molecule has 0 spiro atoms. The van der Waals surface area contributed by atoms with Gasteiger partial charge in [-0.25, -0.2) is 0 Å². The molecule has 1 unspecified atom stereocenters. The molecule has 1 heterocycles. The first kappa shape index (κ1) is 12.5. The monoisotopic (exact) mass is 272 g/mol. The predicted molar refractivity (Wildman–Crippen MR) is 78.1 cm³/mol. The third-order valence-electron chi connectivity index (χ3n) is 2.53. The van der Waals surface area contributed by atoms with Crippen molar-refractivity contribution in [2.45, 2.75) is 34.6 Å². The van der Waals surface area contributed by atoms with E-state index in [4.69, 9.17) is 5.14 Å². The second-order valence-corrected chi connectivity index (χ2v) is 8.49. The van der Waals surface area contributed by atoms with Crippen LogP contribution in [-0.2, 0) is 5.41 Å². The largest absolute Gasteiger partial charge is 0.352 e. The first-order valence-electron chi connectivity index (χ1n) is 5.07. The average Bonchev–Trinajstić information content (AvgIpc) is 2.53. The molecule has 1 aliphatic heterocycles. The summed E-state index contributed by atoms with van der Waals surface area (Å²) in [5.74, 6) is 0. The highest BCUT2D eigenvalue weighted by Crippen LogP contribution is 2.54. The molecule has 1 atom stereocenters. The van der Waals surface area contributed by atoms with Crippen LogP contribution in [0.2, 0.25) is 0 Å². The van der Waals surface area contributed by atoms with Crippen LogP contribution >= 0.6 is 36.3 Å². The number of benzene rings is 1. The molecular formula is C11H16N2S3. The van der Waals surface area contributed by atoms with Gasteiger partial charge in [0.25, 0.3) is 0 Å². The molecule has 2 rings (SSSR count). The van der Waals surface area contributed by atoms with Crippen molar-refractivity contribution < 1.29 is 0 Å². The molecule has 2 nitrogen and oxygen atoms in total. The van der Waals surface area contributed by atoms with Crippen molar-refractivity contribution in [1.29, 1.82) is 0 Å². The van der Waals surface area contributed by atoms with Gasteiger partial charge in [-0.15, -0.1) is 12.6 Å². The minimum atomic E-state index is -0.441. The van der Waals surface area contributed by atoms with Crippen LogP contribution in [0.5, 0.6) is 0 Å². The van der Waals surface area contributed by atoms with Gasteiger partial charge in [0.1, 0.15) is 0 Å². The Kier molecular flexibility index (Phi) is 3.16. The average molecular weight is 272 g/mol. The maximum absolute atomic E-state index is 5.66. The molecule has 5 heteroatoms. The summed E-state index contributed by atoms with van der Waals surface area (Å²) < 4.78 is -0.441. The van der Waals surface area contributed by atoms with E-state index in [2.05, 4.69) is 56.9 Å². The van der Waals surface area contributed by atoms with Crippen molar-refractivity contribution in [3.63, 3.8) is 0 Å². The Hall–Kier alpha value is 0.0300. The number of hydrogen-bond acceptors (Lipinski definition) is 5. The third-order valence-corrected chi connectivity index (χ3v) is 5.13. The quantitative estimate of drug-likeness (QED) is 0.414. The van der Waals surface area contributed by atoms with E-state index in [-0.39, 0.29) is 5.41 Å². The summed E-state index contributed by atoms with van der Waals surface area (Å²) in [7, 11) is 0. The molecule has 0 aliphatic carbocycles. The molecule has 1 aliphatic rings. The van der Waals surface area contributed by atoms with Gasteiger partial charge < -0.3 is 5.32 Å². The zero-order valence-electron chi connectivity index (χ0n) is 9.57. The minimum absolute atomic E-state index is 0.122. The van der Waals surface area contributed by atoms with Gasteiger partial charge in [-0.1, -0.05) is 44.7 Å². The van der Waals surface area contributed by atoms with Gasteiger partial charge in [0.05, 0.1) is 5.69 Å². The maximum Gasteiger partial charge on any atom is 0.194 e. The summed E-state index contributed by atoms with van der Waals surface area (Å²) >= 11 is 7.45. The number of rotatable bonds is 1. The Balaban J connectivity index is 2.47. The van der Waals surface area contributed by atoms with E-state index in [1.807, 2.05) is 0 Å². The summed E-state index contributed by atoms with van der Waals surface area (Å²) in [5, 5.41) is 9.06. The van der Waals surface area contributed by atoms with Gasteiger partial charge in [0.15, 0.2) is 3.54 Å². The summed E-state index contributed by atoms with van der Waals surface area (Å²) in [6.45, 7) is 6.63. The van der Waals surface area contributed by atoms with Gasteiger partial charge in [-0.3, -0.25) is 5.14 Å². The zero-order valence-corrected chi connectivity index (χ0v) is 12.1. The molecular weight excluding hydrogens is 256 g/mol. The van der Waals surface area contributed by atoms with E-state index >= 15 is 0 Å². The highest BCUT2D eigenvalue weighted by molar-refractivity contribution is 8.29. The Labute approximate surface area is 111 Å². The van der Waals surface area contributed by atoms with Crippen molar-refractivity contribution in [2.75, 3.05) is 5.32 Å². The fourth-order valence-corrected chi connectivity index (χ4v) is 3.65. The molecule has 88 valence electrons. The van der Waals surface area contributed by atoms with E-state index in [0.717, 1.165) is 0 Å². The van der Waals surface area contributed by atoms with Gasteiger partial charge >= 0.3 is 0 Å². The van der Waals surface area contributed by atoms with Crippen LogP contribution < -0.4 is 10.5 Å². The fraction of sp³-hybridized carbons (Fsp3) is 0.455. The molecule has 3 N–H and O–H groups in total. The lowest BCUT2D eigenvalue weighted by atomic mass is 9.86. The molecule has 0 fully saturated rings. The Morgan fingerprint density at radius 1 is 1.44 bits per heavy atom. The SMILES string of the molecule is CC(C)(C)c1cccc2c1NC(S)(SN)S2. The normalized spacial score (nSPS) is 24.1. The van der Waals surface area contributed by atoms with Crippen molar-refractivity contribution in [1.82, 2.24) is 0 Å². The lowest BCUT2D eigenvalue weighted by Gasteiger charge is -2.24. The van der Waals surface area contributed by atoms with Crippen LogP contribution in [-0.4, -0.2) is 3.54 Å². The molecule has 0 radical (unpaired) electrons. The molecule has 0 saturated heterocycles. The molecule has 0 aromatic heterocycles. The second-order valence-electron chi connectivity index (χ2n) is 4.86. The molecule has 1 aromatic carbocycles. The topological polar surface area (TPSA) is 38.0 Å². The highest BCUT2D eigenvalue weighted by Gasteiger charge is 2.37. The number of thioether (sulfide) groups is 1. The van der Waals surface area contributed by atoms with Crippen LogP contribution in [0, 0.1) is 0 Å². The van der Waals surface area contributed by atoms with Gasteiger partial charge in [-0.2, -0.15) is 0 Å². The lowest BCUT2D eigenvalue weighted by Crippen LogP contribution is -2.23. The van der Waals surface area contributed by atoms with Crippen molar-refractivity contribution in [2.24, 2.45) is 5.14 Å². The van der Waals surface area contributed by atoms with Crippen molar-refractivity contribution in [3.8, 4) is 0 Å². The number of nitrogens with two attached hydrogens (primary N) is 1. The lowest BCUT2D eigenvalue weighted by molar-refractivity contribution is 0.591. The van der Waals surface area contributed by atoms with E-state index < -0.39 is 3.54 Å². The number of nitrogens with one attached hydrogen (secondary N) is 1. The number of thiol groups is 1. The second kappa shape index (κ2) is 4.05. The van der Waals surface area contributed by atoms with Crippen molar-refractivity contribution >= 4 is 42.0 Å². The summed E-state index contributed by atoms with van der Waals surface area (Å²) in [6.07, 6.45) is 0. The number of fused-ring (bicyclic) bond motifs is 1. The Bertz CT molecular complexity index is 414. The molecule has 16 heavy (non-hydrogen) atoms. The summed E-state index contributed by atoms with van der Waals surface area (Å²) in [6, 6.07) is 6.36. The smallest absolute Gasteiger partial charge is 0.194 e. The first-order valence-corrected chi connectivity index (χ1v) is 7.21. The van der Waals surface area contributed by atoms with E-state index in [1.54, 1.807) is 11.8 Å². The Morgan fingerprint density at radius 2 is 2.12 bits per heavy atom. The first-order chi connectivity index (χ1) is 7.36. The standard InChI is InChI=1S/C11H16N2S3/c1-10(2,3)7-5-4-6-8-9(7)13-11(14,15-8)16-12/h4-6,13-14H,12H2,1-3H3.